The SMILES string of the molecule is CC(C)NCc1cc(F)c(N(C)CCS(C)(=O)=O)c(F)c1. The predicted molar refractivity (Wildman–Crippen MR) is 81.3 cm³/mol. The van der Waals surface area contributed by atoms with Crippen molar-refractivity contribution in [1.82, 2.24) is 5.32 Å². The van der Waals surface area contributed by atoms with Crippen molar-refractivity contribution in [1.29, 1.82) is 0 Å². The summed E-state index contributed by atoms with van der Waals surface area (Å²) in [5.74, 6) is -1.53. The zero-order chi connectivity index (χ0) is 16.2. The van der Waals surface area contributed by atoms with E-state index in [1.54, 1.807) is 0 Å². The van der Waals surface area contributed by atoms with Gasteiger partial charge in [-0.1, -0.05) is 13.8 Å². The van der Waals surface area contributed by atoms with Gasteiger partial charge in [0.1, 0.15) is 27.2 Å². The Balaban J connectivity index is 2.88. The molecule has 0 fully saturated rings. The van der Waals surface area contributed by atoms with E-state index in [2.05, 4.69) is 5.32 Å². The minimum atomic E-state index is -3.18. The van der Waals surface area contributed by atoms with E-state index in [9.17, 15) is 17.2 Å². The lowest BCUT2D eigenvalue weighted by Gasteiger charge is -2.21. The zero-order valence-corrected chi connectivity index (χ0v) is 13.6. The molecule has 0 radical (unpaired) electrons. The Bertz CT molecular complexity index is 566. The Labute approximate surface area is 125 Å². The molecule has 0 spiro atoms. The van der Waals surface area contributed by atoms with E-state index in [0.29, 0.717) is 12.1 Å². The number of halogens is 2. The maximum Gasteiger partial charge on any atom is 0.149 e. The fraction of sp³-hybridized carbons (Fsp3) is 0.571. The van der Waals surface area contributed by atoms with E-state index >= 15 is 0 Å². The van der Waals surface area contributed by atoms with Crippen molar-refractivity contribution in [3.63, 3.8) is 0 Å². The van der Waals surface area contributed by atoms with Crippen LogP contribution in [0.4, 0.5) is 14.5 Å². The highest BCUT2D eigenvalue weighted by atomic mass is 32.2. The summed E-state index contributed by atoms with van der Waals surface area (Å²) in [5, 5.41) is 3.08. The standard InChI is InChI=1S/C14H22F2N2O2S/c1-10(2)17-9-11-7-12(15)14(13(16)8-11)18(3)5-6-21(4,19)20/h7-8,10,17H,5-6,9H2,1-4H3. The highest BCUT2D eigenvalue weighted by Gasteiger charge is 2.16. The van der Waals surface area contributed by atoms with Crippen LogP contribution < -0.4 is 10.2 Å². The Hall–Kier alpha value is -1.21. The summed E-state index contributed by atoms with van der Waals surface area (Å²) in [5.41, 5.74) is 0.311. The van der Waals surface area contributed by atoms with Gasteiger partial charge in [-0.15, -0.1) is 0 Å². The predicted octanol–water partition coefficient (Wildman–Crippen LogP) is 1.94. The molecule has 0 unspecified atom stereocenters. The summed E-state index contributed by atoms with van der Waals surface area (Å²) < 4.78 is 50.3. The van der Waals surface area contributed by atoms with Gasteiger partial charge < -0.3 is 10.2 Å². The van der Waals surface area contributed by atoms with Crippen molar-refractivity contribution in [2.45, 2.75) is 26.4 Å². The van der Waals surface area contributed by atoms with Crippen LogP contribution in [0.3, 0.4) is 0 Å². The largest absolute Gasteiger partial charge is 0.369 e. The normalized spacial score (nSPS) is 12.0. The van der Waals surface area contributed by atoms with Gasteiger partial charge >= 0.3 is 0 Å². The number of anilines is 1. The molecule has 0 aliphatic heterocycles. The van der Waals surface area contributed by atoms with Crippen molar-refractivity contribution in [2.75, 3.05) is 30.5 Å². The van der Waals surface area contributed by atoms with Gasteiger partial charge in [-0.05, 0) is 17.7 Å². The Morgan fingerprint density at radius 3 is 2.19 bits per heavy atom. The second kappa shape index (κ2) is 7.17. The second-order valence-electron chi connectivity index (χ2n) is 5.50. The van der Waals surface area contributed by atoms with E-state index < -0.39 is 21.5 Å². The summed E-state index contributed by atoms with van der Waals surface area (Å²) >= 11 is 0. The van der Waals surface area contributed by atoms with Crippen LogP contribution in [-0.4, -0.2) is 40.1 Å². The minimum Gasteiger partial charge on any atom is -0.369 e. The maximum absolute atomic E-state index is 14.0. The fourth-order valence-electron chi connectivity index (χ4n) is 1.82. The average Bonchev–Trinajstić information content (AvgIpc) is 2.32. The number of hydrogen-bond donors (Lipinski definition) is 1. The van der Waals surface area contributed by atoms with E-state index in [0.717, 1.165) is 6.26 Å². The van der Waals surface area contributed by atoms with Crippen LogP contribution in [0.25, 0.3) is 0 Å². The van der Waals surface area contributed by atoms with Crippen molar-refractivity contribution in [3.8, 4) is 0 Å². The van der Waals surface area contributed by atoms with Crippen molar-refractivity contribution in [2.24, 2.45) is 0 Å². The smallest absolute Gasteiger partial charge is 0.149 e. The summed E-state index contributed by atoms with van der Waals surface area (Å²) in [6.07, 6.45) is 1.09. The molecule has 1 N–H and O–H groups in total. The average molecular weight is 320 g/mol. The van der Waals surface area contributed by atoms with Gasteiger partial charge in [0.05, 0.1) is 5.75 Å². The van der Waals surface area contributed by atoms with Gasteiger partial charge in [-0.25, -0.2) is 17.2 Å². The lowest BCUT2D eigenvalue weighted by molar-refractivity contribution is 0.557. The van der Waals surface area contributed by atoms with Crippen LogP contribution in [0.2, 0.25) is 0 Å². The first-order chi connectivity index (χ1) is 9.60. The zero-order valence-electron chi connectivity index (χ0n) is 12.8. The third-order valence-corrected chi connectivity index (χ3v) is 3.89. The monoisotopic (exact) mass is 320 g/mol. The molecule has 4 nitrogen and oxygen atoms in total. The summed E-state index contributed by atoms with van der Waals surface area (Å²) in [6, 6.07) is 2.75. The van der Waals surface area contributed by atoms with E-state index in [1.807, 2.05) is 13.8 Å². The first-order valence-electron chi connectivity index (χ1n) is 6.70. The molecule has 0 saturated carbocycles. The first kappa shape index (κ1) is 17.8. The molecule has 0 bridgehead atoms. The minimum absolute atomic E-state index is 0.0380. The summed E-state index contributed by atoms with van der Waals surface area (Å²) in [4.78, 5) is 1.28. The summed E-state index contributed by atoms with van der Waals surface area (Å²) in [7, 11) is -1.70. The number of nitrogens with zero attached hydrogens (tertiary/aromatic N) is 1. The van der Waals surface area contributed by atoms with Crippen molar-refractivity contribution < 1.29 is 17.2 Å². The topological polar surface area (TPSA) is 49.4 Å². The van der Waals surface area contributed by atoms with Crippen LogP contribution in [-0.2, 0) is 16.4 Å². The molecule has 0 amide bonds. The van der Waals surface area contributed by atoms with Crippen LogP contribution in [0, 0.1) is 11.6 Å². The molecule has 1 rings (SSSR count). The molecular formula is C14H22F2N2O2S. The van der Waals surface area contributed by atoms with Gasteiger partial charge in [0.15, 0.2) is 0 Å². The molecule has 0 saturated heterocycles. The van der Waals surface area contributed by atoms with Gasteiger partial charge in [0.2, 0.25) is 0 Å². The number of nitrogens with one attached hydrogen (secondary N) is 1. The van der Waals surface area contributed by atoms with Gasteiger partial charge in [-0.3, -0.25) is 0 Å². The lowest BCUT2D eigenvalue weighted by Crippen LogP contribution is -2.27. The fourth-order valence-corrected chi connectivity index (χ4v) is 2.43. The van der Waals surface area contributed by atoms with E-state index in [-0.39, 0.29) is 24.0 Å². The maximum atomic E-state index is 14.0. The molecular weight excluding hydrogens is 298 g/mol. The molecule has 0 aliphatic carbocycles. The van der Waals surface area contributed by atoms with Crippen molar-refractivity contribution in [3.05, 3.63) is 29.3 Å². The molecule has 1 aromatic carbocycles. The van der Waals surface area contributed by atoms with Crippen LogP contribution in [0.15, 0.2) is 12.1 Å². The third-order valence-electron chi connectivity index (χ3n) is 2.97. The number of benzene rings is 1. The molecule has 1 aromatic rings. The molecule has 7 heteroatoms. The van der Waals surface area contributed by atoms with Gasteiger partial charge in [0.25, 0.3) is 0 Å². The van der Waals surface area contributed by atoms with Gasteiger partial charge in [0, 0.05) is 32.4 Å². The highest BCUT2D eigenvalue weighted by molar-refractivity contribution is 7.90. The van der Waals surface area contributed by atoms with Crippen LogP contribution in [0.1, 0.15) is 19.4 Å². The number of rotatable bonds is 7. The third kappa shape index (κ3) is 5.97. The Kier molecular flexibility index (Phi) is 6.10. The molecule has 0 atom stereocenters. The first-order valence-corrected chi connectivity index (χ1v) is 8.76. The molecule has 0 heterocycles. The molecule has 0 aliphatic rings. The summed E-state index contributed by atoms with van der Waals surface area (Å²) in [6.45, 7) is 4.30. The molecule has 0 aromatic heterocycles. The Morgan fingerprint density at radius 2 is 1.76 bits per heavy atom. The highest BCUT2D eigenvalue weighted by Crippen LogP contribution is 2.24. The number of sulfone groups is 1. The quantitative estimate of drug-likeness (QED) is 0.834. The Morgan fingerprint density at radius 1 is 1.24 bits per heavy atom. The lowest BCUT2D eigenvalue weighted by atomic mass is 10.1. The molecule has 120 valence electrons. The second-order valence-corrected chi connectivity index (χ2v) is 7.75. The number of hydrogen-bond acceptors (Lipinski definition) is 4. The van der Waals surface area contributed by atoms with Crippen LogP contribution >= 0.6 is 0 Å². The molecule has 21 heavy (non-hydrogen) atoms. The van der Waals surface area contributed by atoms with Gasteiger partial charge in [-0.2, -0.15) is 0 Å². The van der Waals surface area contributed by atoms with Crippen molar-refractivity contribution >= 4 is 15.5 Å². The van der Waals surface area contributed by atoms with E-state index in [1.165, 1.54) is 24.1 Å². The van der Waals surface area contributed by atoms with Crippen LogP contribution in [0.5, 0.6) is 0 Å². The van der Waals surface area contributed by atoms with E-state index in [4.69, 9.17) is 0 Å².